The fourth-order valence-electron chi connectivity index (χ4n) is 2.29. The Morgan fingerprint density at radius 1 is 1.24 bits per heavy atom. The first-order valence-electron chi connectivity index (χ1n) is 6.65. The summed E-state index contributed by atoms with van der Waals surface area (Å²) in [6.45, 7) is 2.08. The average Bonchev–Trinajstić information content (AvgIpc) is 2.65. The maximum absolute atomic E-state index is 12.7. The number of hydrogen-bond donors (Lipinski definition) is 1. The number of anilines is 2. The number of carbonyl (C=O) groups excluding carboxylic acids is 2. The van der Waals surface area contributed by atoms with Crippen LogP contribution in [0.15, 0.2) is 36.7 Å². The van der Waals surface area contributed by atoms with Crippen LogP contribution in [0.5, 0.6) is 0 Å². The van der Waals surface area contributed by atoms with Crippen molar-refractivity contribution in [1.29, 1.82) is 0 Å². The summed E-state index contributed by atoms with van der Waals surface area (Å²) in [5, 5.41) is 2.76. The van der Waals surface area contributed by atoms with Crippen LogP contribution in [0.25, 0.3) is 0 Å². The fraction of sp³-hybridized carbons (Fsp3) is 0.200. The predicted octanol–water partition coefficient (Wildman–Crippen LogP) is 1.77. The van der Waals surface area contributed by atoms with E-state index >= 15 is 0 Å². The van der Waals surface area contributed by atoms with Crippen LogP contribution in [0, 0.1) is 6.92 Å². The molecule has 0 radical (unpaired) electrons. The molecule has 0 saturated heterocycles. The molecule has 3 heterocycles. The van der Waals surface area contributed by atoms with Crippen molar-refractivity contribution in [3.05, 3.63) is 47.9 Å². The van der Waals surface area contributed by atoms with Gasteiger partial charge in [0.05, 0.1) is 11.3 Å². The number of aryl methyl sites for hydroxylation is 1. The van der Waals surface area contributed by atoms with E-state index in [4.69, 9.17) is 0 Å². The van der Waals surface area contributed by atoms with Crippen molar-refractivity contribution in [2.24, 2.45) is 0 Å². The molecule has 0 spiro atoms. The standard InChI is InChI=1S/C15H14N4O2/c1-10-11(4-2-7-16-10)15(21)19-9-6-13(20)18-12-5-3-8-17-14(12)19/h2-5,7-8H,6,9H2,1H3,(H,18,20). The summed E-state index contributed by atoms with van der Waals surface area (Å²) in [7, 11) is 0. The quantitative estimate of drug-likeness (QED) is 0.865. The Morgan fingerprint density at radius 2 is 2.00 bits per heavy atom. The number of rotatable bonds is 1. The molecule has 0 fully saturated rings. The highest BCUT2D eigenvalue weighted by molar-refractivity contribution is 6.10. The van der Waals surface area contributed by atoms with Gasteiger partial charge < -0.3 is 5.32 Å². The lowest BCUT2D eigenvalue weighted by molar-refractivity contribution is -0.115. The van der Waals surface area contributed by atoms with Crippen LogP contribution >= 0.6 is 0 Å². The molecule has 2 amide bonds. The third-order valence-corrected chi connectivity index (χ3v) is 3.36. The zero-order chi connectivity index (χ0) is 14.8. The van der Waals surface area contributed by atoms with E-state index in [1.807, 2.05) is 0 Å². The Kier molecular flexibility index (Phi) is 3.35. The van der Waals surface area contributed by atoms with E-state index in [1.54, 1.807) is 43.6 Å². The van der Waals surface area contributed by atoms with Gasteiger partial charge in [-0.3, -0.25) is 19.5 Å². The monoisotopic (exact) mass is 282 g/mol. The zero-order valence-electron chi connectivity index (χ0n) is 11.5. The number of nitrogens with zero attached hydrogens (tertiary/aromatic N) is 3. The van der Waals surface area contributed by atoms with E-state index in [0.717, 1.165) is 0 Å². The maximum atomic E-state index is 12.7. The summed E-state index contributed by atoms with van der Waals surface area (Å²) in [6, 6.07) is 6.92. The summed E-state index contributed by atoms with van der Waals surface area (Å²) in [5.41, 5.74) is 1.72. The number of hydrogen-bond acceptors (Lipinski definition) is 4. The first kappa shape index (κ1) is 13.2. The van der Waals surface area contributed by atoms with Gasteiger partial charge in [0.1, 0.15) is 0 Å². The molecule has 0 aliphatic carbocycles. The van der Waals surface area contributed by atoms with Gasteiger partial charge in [0.2, 0.25) is 5.91 Å². The summed E-state index contributed by atoms with van der Waals surface area (Å²) < 4.78 is 0. The van der Waals surface area contributed by atoms with Gasteiger partial charge in [-0.25, -0.2) is 4.98 Å². The molecule has 21 heavy (non-hydrogen) atoms. The molecule has 2 aromatic heterocycles. The maximum Gasteiger partial charge on any atom is 0.261 e. The van der Waals surface area contributed by atoms with Crippen molar-refractivity contribution in [3.63, 3.8) is 0 Å². The van der Waals surface area contributed by atoms with E-state index in [2.05, 4.69) is 15.3 Å². The summed E-state index contributed by atoms with van der Waals surface area (Å²) in [6.07, 6.45) is 3.49. The molecule has 1 N–H and O–H groups in total. The van der Waals surface area contributed by atoms with Crippen molar-refractivity contribution < 1.29 is 9.59 Å². The molecule has 0 atom stereocenters. The van der Waals surface area contributed by atoms with Gasteiger partial charge in [-0.15, -0.1) is 0 Å². The highest BCUT2D eigenvalue weighted by Crippen LogP contribution is 2.27. The molecule has 106 valence electrons. The van der Waals surface area contributed by atoms with Gasteiger partial charge >= 0.3 is 0 Å². The lowest BCUT2D eigenvalue weighted by Gasteiger charge is -2.21. The van der Waals surface area contributed by atoms with Crippen LogP contribution in [0.1, 0.15) is 22.5 Å². The Hall–Kier alpha value is -2.76. The number of nitrogens with one attached hydrogen (secondary N) is 1. The van der Waals surface area contributed by atoms with Crippen LogP contribution in [-0.4, -0.2) is 28.3 Å². The Bertz CT molecular complexity index is 714. The van der Waals surface area contributed by atoms with Gasteiger partial charge in [-0.1, -0.05) is 0 Å². The van der Waals surface area contributed by atoms with E-state index in [-0.39, 0.29) is 18.2 Å². The highest BCUT2D eigenvalue weighted by atomic mass is 16.2. The second-order valence-electron chi connectivity index (χ2n) is 4.77. The van der Waals surface area contributed by atoms with Crippen molar-refractivity contribution in [2.45, 2.75) is 13.3 Å². The largest absolute Gasteiger partial charge is 0.323 e. The number of fused-ring (bicyclic) bond motifs is 1. The molecular formula is C15H14N4O2. The van der Waals surface area contributed by atoms with E-state index in [1.165, 1.54) is 4.90 Å². The zero-order valence-corrected chi connectivity index (χ0v) is 11.5. The molecule has 6 heteroatoms. The molecule has 2 aromatic rings. The lowest BCUT2D eigenvalue weighted by Crippen LogP contribution is -2.33. The normalized spacial score (nSPS) is 14.1. The van der Waals surface area contributed by atoms with Crippen LogP contribution in [0.4, 0.5) is 11.5 Å². The van der Waals surface area contributed by atoms with E-state index < -0.39 is 0 Å². The minimum atomic E-state index is -0.197. The minimum absolute atomic E-state index is 0.123. The van der Waals surface area contributed by atoms with E-state index in [9.17, 15) is 9.59 Å². The van der Waals surface area contributed by atoms with Crippen LogP contribution in [-0.2, 0) is 4.79 Å². The molecule has 1 aliphatic heterocycles. The van der Waals surface area contributed by atoms with Gasteiger partial charge in [-0.05, 0) is 31.2 Å². The van der Waals surface area contributed by atoms with Crippen molar-refractivity contribution in [3.8, 4) is 0 Å². The number of carbonyl (C=O) groups is 2. The smallest absolute Gasteiger partial charge is 0.261 e. The summed E-state index contributed by atoms with van der Waals surface area (Å²) in [4.78, 5) is 34.4. The Morgan fingerprint density at radius 3 is 2.81 bits per heavy atom. The van der Waals surface area contributed by atoms with Crippen molar-refractivity contribution >= 4 is 23.3 Å². The van der Waals surface area contributed by atoms with E-state index in [0.29, 0.717) is 29.3 Å². The van der Waals surface area contributed by atoms with Crippen LogP contribution in [0.3, 0.4) is 0 Å². The topological polar surface area (TPSA) is 75.2 Å². The molecule has 3 rings (SSSR count). The summed E-state index contributed by atoms with van der Waals surface area (Å²) >= 11 is 0. The predicted molar refractivity (Wildman–Crippen MR) is 78.1 cm³/mol. The number of pyridine rings is 2. The Labute approximate surface area is 121 Å². The van der Waals surface area contributed by atoms with Gasteiger partial charge in [0, 0.05) is 31.1 Å². The van der Waals surface area contributed by atoms with Crippen LogP contribution < -0.4 is 10.2 Å². The minimum Gasteiger partial charge on any atom is -0.323 e. The first-order chi connectivity index (χ1) is 10.2. The number of amides is 2. The second kappa shape index (κ2) is 5.32. The molecule has 6 nitrogen and oxygen atoms in total. The third-order valence-electron chi connectivity index (χ3n) is 3.36. The van der Waals surface area contributed by atoms with Gasteiger partial charge in [0.25, 0.3) is 5.91 Å². The molecule has 0 aromatic carbocycles. The lowest BCUT2D eigenvalue weighted by atomic mass is 10.1. The van der Waals surface area contributed by atoms with Crippen molar-refractivity contribution in [2.75, 3.05) is 16.8 Å². The SMILES string of the molecule is Cc1ncccc1C(=O)N1CCC(=O)Nc2cccnc21. The second-order valence-corrected chi connectivity index (χ2v) is 4.77. The molecule has 0 saturated carbocycles. The molecule has 0 bridgehead atoms. The van der Waals surface area contributed by atoms with Crippen molar-refractivity contribution in [1.82, 2.24) is 9.97 Å². The Balaban J connectivity index is 2.04. The molecular weight excluding hydrogens is 268 g/mol. The number of aromatic nitrogens is 2. The third kappa shape index (κ3) is 2.47. The fourth-order valence-corrected chi connectivity index (χ4v) is 2.29. The van der Waals surface area contributed by atoms with Gasteiger partial charge in [0.15, 0.2) is 5.82 Å². The highest BCUT2D eigenvalue weighted by Gasteiger charge is 2.26. The average molecular weight is 282 g/mol. The van der Waals surface area contributed by atoms with Gasteiger partial charge in [-0.2, -0.15) is 0 Å². The molecule has 0 unspecified atom stereocenters. The first-order valence-corrected chi connectivity index (χ1v) is 6.65. The van der Waals surface area contributed by atoms with Crippen LogP contribution in [0.2, 0.25) is 0 Å². The molecule has 1 aliphatic rings. The summed E-state index contributed by atoms with van der Waals surface area (Å²) in [5.74, 6) is 0.149.